The molecule has 0 aliphatic heterocycles. The van der Waals surface area contributed by atoms with Crippen molar-refractivity contribution in [2.75, 3.05) is 27.4 Å². The molecule has 1 aromatic rings. The van der Waals surface area contributed by atoms with Crippen molar-refractivity contribution in [2.45, 2.75) is 18.6 Å². The minimum atomic E-state index is -4.30. The summed E-state index contributed by atoms with van der Waals surface area (Å²) in [6.45, 7) is -1.26. The molecular formula is C13H17BrF3NO2. The van der Waals surface area contributed by atoms with Gasteiger partial charge in [-0.25, -0.2) is 0 Å². The highest BCUT2D eigenvalue weighted by Gasteiger charge is 2.27. The maximum Gasteiger partial charge on any atom is 0.411 e. The fourth-order valence-electron chi connectivity index (χ4n) is 1.73. The second-order valence-electron chi connectivity index (χ2n) is 4.28. The highest BCUT2D eigenvalue weighted by molar-refractivity contribution is 9.10. The number of halogens is 4. The quantitative estimate of drug-likeness (QED) is 0.814. The predicted octanol–water partition coefficient (Wildman–Crippen LogP) is 3.17. The molecule has 0 bridgehead atoms. The Hall–Kier alpha value is -0.790. The first kappa shape index (κ1) is 17.3. The second kappa shape index (κ2) is 7.85. The lowest BCUT2D eigenvalue weighted by Gasteiger charge is -2.18. The number of alkyl halides is 3. The van der Waals surface area contributed by atoms with Crippen LogP contribution in [0.3, 0.4) is 0 Å². The van der Waals surface area contributed by atoms with Gasteiger partial charge in [0.1, 0.15) is 12.4 Å². The molecule has 0 fully saturated rings. The molecule has 7 heteroatoms. The van der Waals surface area contributed by atoms with E-state index in [0.29, 0.717) is 12.2 Å². The average Bonchev–Trinajstić information content (AvgIpc) is 2.36. The first-order chi connectivity index (χ1) is 9.35. The first-order valence-corrected chi connectivity index (χ1v) is 6.79. The first-order valence-electron chi connectivity index (χ1n) is 6.00. The molecule has 1 N–H and O–H groups in total. The van der Waals surface area contributed by atoms with Gasteiger partial charge in [-0.05, 0) is 37.2 Å². The molecule has 0 amide bonds. The number of methoxy groups -OCH3 is 1. The van der Waals surface area contributed by atoms with E-state index in [9.17, 15) is 13.2 Å². The zero-order chi connectivity index (χ0) is 15.2. The van der Waals surface area contributed by atoms with Gasteiger partial charge in [-0.1, -0.05) is 15.9 Å². The van der Waals surface area contributed by atoms with E-state index in [1.165, 1.54) is 0 Å². The van der Waals surface area contributed by atoms with Crippen LogP contribution in [0.4, 0.5) is 13.2 Å². The van der Waals surface area contributed by atoms with Crippen molar-refractivity contribution in [1.82, 2.24) is 5.32 Å². The maximum absolute atomic E-state index is 12.0. The van der Waals surface area contributed by atoms with Gasteiger partial charge in [-0.2, -0.15) is 13.2 Å². The van der Waals surface area contributed by atoms with E-state index in [-0.39, 0.29) is 12.6 Å². The van der Waals surface area contributed by atoms with Crippen LogP contribution in [0.1, 0.15) is 5.56 Å². The molecule has 1 unspecified atom stereocenters. The van der Waals surface area contributed by atoms with Crippen molar-refractivity contribution < 1.29 is 22.6 Å². The Bertz CT molecular complexity index is 427. The topological polar surface area (TPSA) is 30.5 Å². The number of nitrogens with one attached hydrogen (secondary N) is 1. The van der Waals surface area contributed by atoms with Crippen molar-refractivity contribution in [1.29, 1.82) is 0 Å². The summed E-state index contributed by atoms with van der Waals surface area (Å²) in [5, 5.41) is 2.94. The van der Waals surface area contributed by atoms with Crippen molar-refractivity contribution in [2.24, 2.45) is 0 Å². The van der Waals surface area contributed by atoms with Crippen molar-refractivity contribution >= 4 is 15.9 Å². The zero-order valence-electron chi connectivity index (χ0n) is 11.3. The van der Waals surface area contributed by atoms with Gasteiger partial charge in [0, 0.05) is 10.5 Å². The summed E-state index contributed by atoms with van der Waals surface area (Å²) in [6, 6.07) is 5.31. The van der Waals surface area contributed by atoms with Crippen molar-refractivity contribution in [3.8, 4) is 5.75 Å². The molecule has 0 saturated heterocycles. The molecule has 0 aromatic heterocycles. The van der Waals surface area contributed by atoms with Crippen LogP contribution in [0.15, 0.2) is 22.7 Å². The third kappa shape index (κ3) is 6.11. The van der Waals surface area contributed by atoms with Crippen LogP contribution in [0.5, 0.6) is 5.75 Å². The summed E-state index contributed by atoms with van der Waals surface area (Å²) < 4.78 is 46.9. The van der Waals surface area contributed by atoms with E-state index in [4.69, 9.17) is 4.74 Å². The second-order valence-corrected chi connectivity index (χ2v) is 5.19. The highest BCUT2D eigenvalue weighted by Crippen LogP contribution is 2.24. The maximum atomic E-state index is 12.0. The lowest BCUT2D eigenvalue weighted by atomic mass is 10.1. The molecule has 20 heavy (non-hydrogen) atoms. The van der Waals surface area contributed by atoms with Gasteiger partial charge in [0.05, 0.1) is 13.7 Å². The molecular weight excluding hydrogens is 339 g/mol. The summed E-state index contributed by atoms with van der Waals surface area (Å²) in [5.74, 6) is 0.698. The molecule has 0 spiro atoms. The Kier molecular flexibility index (Phi) is 6.78. The molecule has 1 atom stereocenters. The average molecular weight is 356 g/mol. The van der Waals surface area contributed by atoms with E-state index in [0.717, 1.165) is 10.0 Å². The lowest BCUT2D eigenvalue weighted by Crippen LogP contribution is -2.34. The monoisotopic (exact) mass is 355 g/mol. The summed E-state index contributed by atoms with van der Waals surface area (Å²) >= 11 is 3.36. The number of rotatable bonds is 7. The molecule has 114 valence electrons. The van der Waals surface area contributed by atoms with Gasteiger partial charge < -0.3 is 14.8 Å². The Morgan fingerprint density at radius 3 is 2.60 bits per heavy atom. The molecule has 0 aliphatic carbocycles. The van der Waals surface area contributed by atoms with E-state index in [1.54, 1.807) is 14.2 Å². The van der Waals surface area contributed by atoms with Crippen LogP contribution in [0.25, 0.3) is 0 Å². The third-order valence-electron chi connectivity index (χ3n) is 2.70. The number of hydrogen-bond donors (Lipinski definition) is 1. The molecule has 3 nitrogen and oxygen atoms in total. The summed E-state index contributed by atoms with van der Waals surface area (Å²) in [7, 11) is 3.24. The minimum absolute atomic E-state index is 0.0221. The fraction of sp³-hybridized carbons (Fsp3) is 0.538. The normalized spacial score (nSPS) is 13.3. The van der Waals surface area contributed by atoms with E-state index in [1.807, 2.05) is 18.2 Å². The standard InChI is InChI=1S/C13H17BrF3NO2/c1-18-11(7-20-8-13(15,16)17)6-9-5-10(14)3-4-12(9)19-2/h3-5,11,18H,6-8H2,1-2H3. The number of hydrogen-bond acceptors (Lipinski definition) is 3. The number of likely N-dealkylation sites (N-methyl/N-ethyl adjacent to an activating group) is 1. The summed E-state index contributed by atoms with van der Waals surface area (Å²) in [4.78, 5) is 0. The Labute approximate surface area is 124 Å². The van der Waals surface area contributed by atoms with Gasteiger partial charge in [-0.3, -0.25) is 0 Å². The molecule has 1 aromatic carbocycles. The van der Waals surface area contributed by atoms with Crippen molar-refractivity contribution in [3.05, 3.63) is 28.2 Å². The van der Waals surface area contributed by atoms with E-state index in [2.05, 4.69) is 26.0 Å². The Balaban J connectivity index is 2.62. The van der Waals surface area contributed by atoms with E-state index >= 15 is 0 Å². The largest absolute Gasteiger partial charge is 0.496 e. The zero-order valence-corrected chi connectivity index (χ0v) is 12.8. The van der Waals surface area contributed by atoms with Gasteiger partial charge in [-0.15, -0.1) is 0 Å². The Morgan fingerprint density at radius 2 is 2.05 bits per heavy atom. The number of benzene rings is 1. The van der Waals surface area contributed by atoms with Crippen LogP contribution in [0, 0.1) is 0 Å². The van der Waals surface area contributed by atoms with E-state index < -0.39 is 12.8 Å². The van der Waals surface area contributed by atoms with Crippen LogP contribution in [0.2, 0.25) is 0 Å². The van der Waals surface area contributed by atoms with Gasteiger partial charge in [0.25, 0.3) is 0 Å². The minimum Gasteiger partial charge on any atom is -0.496 e. The fourth-order valence-corrected chi connectivity index (χ4v) is 2.14. The molecule has 0 heterocycles. The molecule has 1 rings (SSSR count). The third-order valence-corrected chi connectivity index (χ3v) is 3.20. The SMILES string of the molecule is CNC(COCC(F)(F)F)Cc1cc(Br)ccc1OC. The van der Waals surface area contributed by atoms with Gasteiger partial charge in [0.15, 0.2) is 0 Å². The van der Waals surface area contributed by atoms with Gasteiger partial charge in [0.2, 0.25) is 0 Å². The Morgan fingerprint density at radius 1 is 1.35 bits per heavy atom. The van der Waals surface area contributed by atoms with Crippen LogP contribution >= 0.6 is 15.9 Å². The summed E-state index contributed by atoms with van der Waals surface area (Å²) in [5.41, 5.74) is 0.900. The lowest BCUT2D eigenvalue weighted by molar-refractivity contribution is -0.175. The van der Waals surface area contributed by atoms with Crippen LogP contribution in [-0.2, 0) is 11.2 Å². The van der Waals surface area contributed by atoms with Crippen molar-refractivity contribution in [3.63, 3.8) is 0 Å². The van der Waals surface area contributed by atoms with Crippen LogP contribution < -0.4 is 10.1 Å². The molecule has 0 radical (unpaired) electrons. The predicted molar refractivity (Wildman–Crippen MR) is 74.1 cm³/mol. The highest BCUT2D eigenvalue weighted by atomic mass is 79.9. The number of ether oxygens (including phenoxy) is 2. The molecule has 0 aliphatic rings. The summed E-state index contributed by atoms with van der Waals surface area (Å²) in [6.07, 6.45) is -3.79. The molecule has 0 saturated carbocycles. The smallest absolute Gasteiger partial charge is 0.411 e. The van der Waals surface area contributed by atoms with Gasteiger partial charge >= 0.3 is 6.18 Å². The van der Waals surface area contributed by atoms with Crippen LogP contribution in [-0.4, -0.2) is 39.6 Å².